The average Bonchev–Trinajstić information content (AvgIpc) is 2.82. The van der Waals surface area contributed by atoms with E-state index in [9.17, 15) is 14.9 Å². The molecule has 1 aromatic heterocycles. The van der Waals surface area contributed by atoms with E-state index in [2.05, 4.69) is 0 Å². The van der Waals surface area contributed by atoms with Gasteiger partial charge in [0.2, 0.25) is 5.43 Å². The van der Waals surface area contributed by atoms with E-state index in [1.165, 1.54) is 19.2 Å². The molecule has 0 unspecified atom stereocenters. The number of hydrogen-bond donors (Lipinski definition) is 0. The highest BCUT2D eigenvalue weighted by Crippen LogP contribution is 2.33. The van der Waals surface area contributed by atoms with Gasteiger partial charge in [-0.05, 0) is 54.4 Å². The Morgan fingerprint density at radius 3 is 2.33 bits per heavy atom. The molecule has 0 bridgehead atoms. The largest absolute Gasteiger partial charge is 0.493 e. The fourth-order valence-electron chi connectivity index (χ4n) is 3.58. The van der Waals surface area contributed by atoms with Crippen LogP contribution in [-0.4, -0.2) is 19.1 Å². The summed E-state index contributed by atoms with van der Waals surface area (Å²) in [5.41, 5.74) is 2.15. The van der Waals surface area contributed by atoms with E-state index >= 15 is 0 Å². The highest BCUT2D eigenvalue weighted by molar-refractivity contribution is 5.84. The minimum absolute atomic E-state index is 0.0204. The molecule has 0 spiro atoms. The normalized spacial score (nSPS) is 10.8. The maximum absolute atomic E-state index is 13.3. The van der Waals surface area contributed by atoms with E-state index in [-0.39, 0.29) is 17.7 Å². The lowest BCUT2D eigenvalue weighted by Gasteiger charge is -2.12. The number of rotatable bonds is 7. The number of hydrogen-bond acceptors (Lipinski definition) is 7. The highest BCUT2D eigenvalue weighted by Gasteiger charge is 2.16. The van der Waals surface area contributed by atoms with Crippen LogP contribution in [0.2, 0.25) is 0 Å². The molecule has 4 aromatic rings. The zero-order valence-corrected chi connectivity index (χ0v) is 18.3. The van der Waals surface area contributed by atoms with Gasteiger partial charge in [-0.3, -0.25) is 14.9 Å². The fraction of sp³-hybridized carbons (Fsp3) is 0.160. The molecule has 0 aliphatic carbocycles. The van der Waals surface area contributed by atoms with Crippen LogP contribution in [0.15, 0.2) is 69.9 Å². The second-order valence-electron chi connectivity index (χ2n) is 7.30. The van der Waals surface area contributed by atoms with Gasteiger partial charge in [0.1, 0.15) is 23.7 Å². The van der Waals surface area contributed by atoms with Crippen molar-refractivity contribution in [2.24, 2.45) is 0 Å². The van der Waals surface area contributed by atoms with Crippen LogP contribution in [0.1, 0.15) is 11.3 Å². The first-order valence-corrected chi connectivity index (χ1v) is 10.1. The van der Waals surface area contributed by atoms with Gasteiger partial charge in [-0.25, -0.2) is 0 Å². The van der Waals surface area contributed by atoms with Crippen LogP contribution in [-0.2, 0) is 6.61 Å². The maximum Gasteiger partial charge on any atom is 0.269 e. The average molecular weight is 447 g/mol. The number of ether oxygens (including phenoxy) is 3. The van der Waals surface area contributed by atoms with Gasteiger partial charge < -0.3 is 18.6 Å². The number of nitro groups is 1. The van der Waals surface area contributed by atoms with Gasteiger partial charge in [0.25, 0.3) is 5.69 Å². The van der Waals surface area contributed by atoms with Crippen LogP contribution in [0.5, 0.6) is 17.2 Å². The summed E-state index contributed by atoms with van der Waals surface area (Å²) in [5.74, 6) is 2.07. The SMILES string of the molecule is COc1ccc(-c2c(C)oc3cc(OCc4ccc([N+](=O)[O-])cc4)ccc3c2=O)cc1OC. The van der Waals surface area contributed by atoms with Crippen molar-refractivity contribution in [2.75, 3.05) is 14.2 Å². The summed E-state index contributed by atoms with van der Waals surface area (Å²) in [6.07, 6.45) is 0. The van der Waals surface area contributed by atoms with E-state index in [1.807, 2.05) is 0 Å². The molecule has 0 atom stereocenters. The minimum atomic E-state index is -0.450. The van der Waals surface area contributed by atoms with E-state index in [1.54, 1.807) is 62.6 Å². The molecule has 0 aliphatic rings. The third kappa shape index (κ3) is 4.36. The van der Waals surface area contributed by atoms with Crippen molar-refractivity contribution in [1.29, 1.82) is 0 Å². The van der Waals surface area contributed by atoms with Crippen molar-refractivity contribution in [1.82, 2.24) is 0 Å². The molecule has 1 heterocycles. The number of fused-ring (bicyclic) bond motifs is 1. The lowest BCUT2D eigenvalue weighted by molar-refractivity contribution is -0.384. The van der Waals surface area contributed by atoms with Gasteiger partial charge in [0.15, 0.2) is 11.5 Å². The molecular weight excluding hydrogens is 426 g/mol. The summed E-state index contributed by atoms with van der Waals surface area (Å²) in [6, 6.07) is 16.4. The van der Waals surface area contributed by atoms with Gasteiger partial charge in [-0.15, -0.1) is 0 Å². The Kier molecular flexibility index (Phi) is 5.99. The molecule has 4 rings (SSSR count). The lowest BCUT2D eigenvalue weighted by Crippen LogP contribution is -2.08. The number of nitro benzene ring substituents is 1. The topological polar surface area (TPSA) is 101 Å². The second kappa shape index (κ2) is 9.04. The molecule has 0 amide bonds. The van der Waals surface area contributed by atoms with Crippen LogP contribution >= 0.6 is 0 Å². The summed E-state index contributed by atoms with van der Waals surface area (Å²) in [7, 11) is 3.09. The Balaban J connectivity index is 1.63. The van der Waals surface area contributed by atoms with E-state index in [0.717, 1.165) is 5.56 Å². The van der Waals surface area contributed by atoms with Crippen molar-refractivity contribution in [3.8, 4) is 28.4 Å². The van der Waals surface area contributed by atoms with Crippen LogP contribution in [0.25, 0.3) is 22.1 Å². The lowest BCUT2D eigenvalue weighted by atomic mass is 10.0. The van der Waals surface area contributed by atoms with E-state index in [4.69, 9.17) is 18.6 Å². The Morgan fingerprint density at radius 1 is 0.939 bits per heavy atom. The molecule has 0 saturated carbocycles. The zero-order chi connectivity index (χ0) is 23.5. The summed E-state index contributed by atoms with van der Waals surface area (Å²) >= 11 is 0. The van der Waals surface area contributed by atoms with Gasteiger partial charge in [-0.1, -0.05) is 6.07 Å². The number of aryl methyl sites for hydroxylation is 1. The van der Waals surface area contributed by atoms with Crippen LogP contribution in [0, 0.1) is 17.0 Å². The molecule has 8 nitrogen and oxygen atoms in total. The Hall–Kier alpha value is -4.33. The number of benzene rings is 3. The number of nitrogens with zero attached hydrogens (tertiary/aromatic N) is 1. The Bertz CT molecular complexity index is 1390. The summed E-state index contributed by atoms with van der Waals surface area (Å²) in [6.45, 7) is 1.95. The van der Waals surface area contributed by atoms with Crippen molar-refractivity contribution < 1.29 is 23.6 Å². The van der Waals surface area contributed by atoms with Gasteiger partial charge >= 0.3 is 0 Å². The molecule has 8 heteroatoms. The molecule has 0 aliphatic heterocycles. The third-order valence-electron chi connectivity index (χ3n) is 5.26. The third-order valence-corrected chi connectivity index (χ3v) is 5.26. The highest BCUT2D eigenvalue weighted by atomic mass is 16.6. The van der Waals surface area contributed by atoms with Crippen LogP contribution in [0.4, 0.5) is 5.69 Å². The Labute approximate surface area is 189 Å². The number of methoxy groups -OCH3 is 2. The quantitative estimate of drug-likeness (QED) is 0.281. The van der Waals surface area contributed by atoms with Crippen molar-refractivity contribution in [3.63, 3.8) is 0 Å². The van der Waals surface area contributed by atoms with Gasteiger partial charge in [-0.2, -0.15) is 0 Å². The first-order valence-electron chi connectivity index (χ1n) is 10.1. The number of non-ortho nitro benzene ring substituents is 1. The maximum atomic E-state index is 13.3. The van der Waals surface area contributed by atoms with Crippen molar-refractivity contribution in [2.45, 2.75) is 13.5 Å². The monoisotopic (exact) mass is 447 g/mol. The van der Waals surface area contributed by atoms with Crippen LogP contribution in [0.3, 0.4) is 0 Å². The van der Waals surface area contributed by atoms with Gasteiger partial charge in [0, 0.05) is 18.2 Å². The van der Waals surface area contributed by atoms with Gasteiger partial charge in [0.05, 0.1) is 30.1 Å². The Morgan fingerprint density at radius 2 is 1.67 bits per heavy atom. The predicted octanol–water partition coefficient (Wildman–Crippen LogP) is 5.27. The second-order valence-corrected chi connectivity index (χ2v) is 7.30. The molecule has 3 aromatic carbocycles. The smallest absolute Gasteiger partial charge is 0.269 e. The summed E-state index contributed by atoms with van der Waals surface area (Å²) < 4.78 is 22.4. The molecule has 33 heavy (non-hydrogen) atoms. The molecule has 0 fully saturated rings. The zero-order valence-electron chi connectivity index (χ0n) is 18.3. The minimum Gasteiger partial charge on any atom is -0.493 e. The summed E-state index contributed by atoms with van der Waals surface area (Å²) in [5, 5.41) is 11.2. The predicted molar refractivity (Wildman–Crippen MR) is 123 cm³/mol. The molecular formula is C25H21NO7. The van der Waals surface area contributed by atoms with Crippen molar-refractivity contribution >= 4 is 16.7 Å². The standard InChI is InChI=1S/C25H21NO7/c1-15-24(17-6-11-21(30-2)23(12-17)31-3)25(27)20-10-9-19(13-22(20)33-15)32-14-16-4-7-18(8-5-16)26(28)29/h4-13H,14H2,1-3H3. The first kappa shape index (κ1) is 21.9. The fourth-order valence-corrected chi connectivity index (χ4v) is 3.58. The molecule has 168 valence electrons. The molecule has 0 N–H and O–H groups in total. The summed E-state index contributed by atoms with van der Waals surface area (Å²) in [4.78, 5) is 23.6. The van der Waals surface area contributed by atoms with E-state index in [0.29, 0.717) is 45.1 Å². The van der Waals surface area contributed by atoms with Crippen LogP contribution < -0.4 is 19.6 Å². The van der Waals surface area contributed by atoms with Crippen molar-refractivity contribution in [3.05, 3.63) is 92.3 Å². The van der Waals surface area contributed by atoms with E-state index < -0.39 is 4.92 Å². The first-order chi connectivity index (χ1) is 15.9. The molecule has 0 saturated heterocycles. The molecule has 0 radical (unpaired) electrons.